The number of hydrogen-bond donors (Lipinski definition) is 0. The van der Waals surface area contributed by atoms with E-state index in [2.05, 4.69) is 51.8 Å². The summed E-state index contributed by atoms with van der Waals surface area (Å²) in [6, 6.07) is 11.7. The van der Waals surface area contributed by atoms with Gasteiger partial charge in [-0.25, -0.2) is 17.8 Å². The molecule has 1 aliphatic carbocycles. The fourth-order valence-corrected chi connectivity index (χ4v) is 9.38. The summed E-state index contributed by atoms with van der Waals surface area (Å²) in [5, 5.41) is 1.20. The molecule has 2 saturated heterocycles. The summed E-state index contributed by atoms with van der Waals surface area (Å²) < 4.78 is 46.3. The minimum Gasteiger partial charge on any atom is -0.350 e. The third kappa shape index (κ3) is 4.98. The molecular formula is C33H40FN7O3S. The number of aromatic nitrogens is 3. The molecule has 0 saturated carbocycles. The topological polar surface area (TPSA) is 86.9 Å². The third-order valence-corrected chi connectivity index (χ3v) is 12.1. The van der Waals surface area contributed by atoms with Gasteiger partial charge >= 0.3 is 0 Å². The van der Waals surface area contributed by atoms with Gasteiger partial charge in [-0.05, 0) is 50.2 Å². The fourth-order valence-electron chi connectivity index (χ4n) is 7.87. The maximum atomic E-state index is 15.0. The van der Waals surface area contributed by atoms with Gasteiger partial charge < -0.3 is 18.9 Å². The second-order valence-electron chi connectivity index (χ2n) is 12.9. The maximum Gasteiger partial charge on any atom is 0.260 e. The van der Waals surface area contributed by atoms with Crippen LogP contribution in [0.15, 0.2) is 60.1 Å². The van der Waals surface area contributed by atoms with Crippen molar-refractivity contribution in [3.8, 4) is 0 Å². The molecule has 2 aromatic carbocycles. The lowest BCUT2D eigenvalue weighted by atomic mass is 9.92. The smallest absolute Gasteiger partial charge is 0.260 e. The van der Waals surface area contributed by atoms with Gasteiger partial charge in [0.15, 0.2) is 5.03 Å². The van der Waals surface area contributed by atoms with Crippen molar-refractivity contribution >= 4 is 26.8 Å². The zero-order chi connectivity index (χ0) is 31.6. The number of likely N-dealkylation sites (tertiary alicyclic amines) is 1. The van der Waals surface area contributed by atoms with Crippen molar-refractivity contribution in [1.29, 1.82) is 0 Å². The molecule has 1 amide bonds. The van der Waals surface area contributed by atoms with E-state index in [1.807, 2.05) is 25.2 Å². The van der Waals surface area contributed by atoms with Crippen LogP contribution in [0, 0.1) is 5.82 Å². The quantitative estimate of drug-likeness (QED) is 0.324. The number of amides is 1. The molecule has 238 valence electrons. The van der Waals surface area contributed by atoms with Gasteiger partial charge in [0.2, 0.25) is 0 Å². The number of likely N-dealkylation sites (N-methyl/N-ethyl adjacent to an activating group) is 1. The van der Waals surface area contributed by atoms with Crippen molar-refractivity contribution in [1.82, 2.24) is 33.1 Å². The molecule has 4 aromatic rings. The Morgan fingerprint density at radius 1 is 1.00 bits per heavy atom. The Balaban J connectivity index is 1.14. The van der Waals surface area contributed by atoms with Crippen LogP contribution in [0.2, 0.25) is 0 Å². The molecule has 12 heteroatoms. The molecule has 1 unspecified atom stereocenters. The van der Waals surface area contributed by atoms with Crippen LogP contribution < -0.4 is 0 Å². The standard InChI is InChI=1S/C33H40FN7O3S/c1-36(2)29-20-40(28-12-11-22-7-5-10-27(34)31(22)28)19-26(29)25-18-37(3)32-23(25)8-6-9-24(32)33(42)39-13-15-41(16-14-39)45(43,44)30-17-35-21-38(30)4/h5-10,17-18,21,26,28-29H,11-16,19-20H2,1-4H3/t26-,28?,29+/m1/s1. The molecule has 3 atom stereocenters. The number of benzene rings is 2. The lowest BCUT2D eigenvalue weighted by molar-refractivity contribution is 0.0699. The molecule has 45 heavy (non-hydrogen) atoms. The number of aryl methyl sites for hydroxylation is 3. The van der Waals surface area contributed by atoms with Crippen LogP contribution in [0.5, 0.6) is 0 Å². The van der Waals surface area contributed by atoms with Gasteiger partial charge in [-0.1, -0.05) is 24.3 Å². The van der Waals surface area contributed by atoms with Crippen LogP contribution in [0.4, 0.5) is 4.39 Å². The molecular weight excluding hydrogens is 593 g/mol. The van der Waals surface area contributed by atoms with Gasteiger partial charge in [0, 0.05) is 88.5 Å². The molecule has 10 nitrogen and oxygen atoms in total. The highest BCUT2D eigenvalue weighted by atomic mass is 32.2. The van der Waals surface area contributed by atoms with Gasteiger partial charge in [0.25, 0.3) is 15.9 Å². The van der Waals surface area contributed by atoms with Crippen molar-refractivity contribution < 1.29 is 17.6 Å². The van der Waals surface area contributed by atoms with E-state index in [1.165, 1.54) is 27.0 Å². The molecule has 3 aliphatic rings. The van der Waals surface area contributed by atoms with Crippen LogP contribution in [-0.2, 0) is 30.5 Å². The van der Waals surface area contributed by atoms with Crippen molar-refractivity contribution in [2.45, 2.75) is 35.9 Å². The first-order chi connectivity index (χ1) is 21.6. The summed E-state index contributed by atoms with van der Waals surface area (Å²) in [4.78, 5) is 24.4. The van der Waals surface area contributed by atoms with Gasteiger partial charge in [-0.15, -0.1) is 0 Å². The summed E-state index contributed by atoms with van der Waals surface area (Å²) in [6.07, 6.45) is 6.81. The Bertz CT molecular complexity index is 1880. The monoisotopic (exact) mass is 633 g/mol. The summed E-state index contributed by atoms with van der Waals surface area (Å²) in [6.45, 7) is 2.72. The molecule has 0 N–H and O–H groups in total. The number of fused-ring (bicyclic) bond motifs is 2. The van der Waals surface area contributed by atoms with Crippen LogP contribution in [0.1, 0.15) is 45.4 Å². The van der Waals surface area contributed by atoms with E-state index in [-0.39, 0.29) is 47.8 Å². The number of sulfonamides is 1. The number of para-hydroxylation sites is 1. The second kappa shape index (κ2) is 11.3. The average Bonchev–Trinajstić information content (AvgIpc) is 3.82. The zero-order valence-corrected chi connectivity index (χ0v) is 27.0. The molecule has 0 bridgehead atoms. The van der Waals surface area contributed by atoms with Crippen molar-refractivity contribution in [3.05, 3.63) is 83.2 Å². The zero-order valence-electron chi connectivity index (χ0n) is 26.2. The van der Waals surface area contributed by atoms with Crippen LogP contribution in [-0.4, -0.2) is 107 Å². The second-order valence-corrected chi connectivity index (χ2v) is 14.8. The van der Waals surface area contributed by atoms with Crippen LogP contribution in [0.25, 0.3) is 10.9 Å². The highest BCUT2D eigenvalue weighted by Gasteiger charge is 2.42. The van der Waals surface area contributed by atoms with Gasteiger partial charge in [0.1, 0.15) is 5.82 Å². The van der Waals surface area contributed by atoms with Crippen molar-refractivity contribution in [2.24, 2.45) is 14.1 Å². The number of carbonyl (C=O) groups is 1. The normalized spacial score (nSPS) is 23.0. The van der Waals surface area contributed by atoms with E-state index in [4.69, 9.17) is 0 Å². The van der Waals surface area contributed by atoms with Gasteiger partial charge in [-0.2, -0.15) is 4.31 Å². The molecule has 0 spiro atoms. The van der Waals surface area contributed by atoms with Crippen molar-refractivity contribution in [2.75, 3.05) is 53.4 Å². The molecule has 2 fully saturated rings. The summed E-state index contributed by atoms with van der Waals surface area (Å²) in [5.74, 6) is -0.0182. The Kier molecular flexibility index (Phi) is 7.58. The SMILES string of the molecule is CN(C)[C@H]1CN(C2CCc3cccc(F)c32)C[C@@H]1c1cn(C)c2c(C(=O)N3CCN(S(=O)(=O)c4cncn4C)CC3)cccc12. The van der Waals surface area contributed by atoms with E-state index < -0.39 is 10.0 Å². The summed E-state index contributed by atoms with van der Waals surface area (Å²) >= 11 is 0. The number of hydrogen-bond acceptors (Lipinski definition) is 6. The van der Waals surface area contributed by atoms with Crippen molar-refractivity contribution in [3.63, 3.8) is 0 Å². The summed E-state index contributed by atoms with van der Waals surface area (Å²) in [7, 11) is 4.18. The largest absolute Gasteiger partial charge is 0.350 e. The van der Waals surface area contributed by atoms with E-state index in [0.29, 0.717) is 18.7 Å². The molecule has 0 radical (unpaired) electrons. The summed E-state index contributed by atoms with van der Waals surface area (Å²) in [5.41, 5.74) is 4.67. The number of halogens is 1. The Hall–Kier alpha value is -3.58. The molecule has 2 aliphatic heterocycles. The lowest BCUT2D eigenvalue weighted by Crippen LogP contribution is -2.50. The fraction of sp³-hybridized carbons (Fsp3) is 0.455. The predicted octanol–water partition coefficient (Wildman–Crippen LogP) is 3.21. The van der Waals surface area contributed by atoms with E-state index in [9.17, 15) is 13.2 Å². The first-order valence-electron chi connectivity index (χ1n) is 15.6. The number of imidazole rings is 1. The lowest BCUT2D eigenvalue weighted by Gasteiger charge is -2.34. The first kappa shape index (κ1) is 30.1. The van der Waals surface area contributed by atoms with Crippen LogP contribution >= 0.6 is 0 Å². The van der Waals surface area contributed by atoms with E-state index in [0.717, 1.165) is 48.0 Å². The van der Waals surface area contributed by atoms with E-state index in [1.54, 1.807) is 18.0 Å². The molecule has 7 rings (SSSR count). The first-order valence-corrected chi connectivity index (χ1v) is 17.0. The van der Waals surface area contributed by atoms with E-state index >= 15 is 4.39 Å². The average molecular weight is 634 g/mol. The van der Waals surface area contributed by atoms with Crippen LogP contribution in [0.3, 0.4) is 0 Å². The Morgan fingerprint density at radius 2 is 1.76 bits per heavy atom. The van der Waals surface area contributed by atoms with Gasteiger partial charge in [-0.3, -0.25) is 9.69 Å². The minimum atomic E-state index is -3.69. The highest BCUT2D eigenvalue weighted by Crippen LogP contribution is 2.44. The maximum absolute atomic E-state index is 15.0. The number of rotatable bonds is 6. The number of carbonyl (C=O) groups excluding carboxylic acids is 1. The minimum absolute atomic E-state index is 0.0705. The van der Waals surface area contributed by atoms with Gasteiger partial charge in [0.05, 0.1) is 23.6 Å². The highest BCUT2D eigenvalue weighted by molar-refractivity contribution is 7.89. The molecule has 2 aromatic heterocycles. The predicted molar refractivity (Wildman–Crippen MR) is 170 cm³/mol. The Morgan fingerprint density at radius 3 is 2.47 bits per heavy atom. The number of nitrogens with zero attached hydrogens (tertiary/aromatic N) is 7. The Labute approximate surface area is 263 Å². The molecule has 4 heterocycles. The number of piperazine rings is 1. The third-order valence-electron chi connectivity index (χ3n) is 10.1.